The highest BCUT2D eigenvalue weighted by molar-refractivity contribution is 7.14. The van der Waals surface area contributed by atoms with Crippen LogP contribution in [0.25, 0.3) is 0 Å². The van der Waals surface area contributed by atoms with Gasteiger partial charge < -0.3 is 4.74 Å². The van der Waals surface area contributed by atoms with Gasteiger partial charge in [-0.25, -0.2) is 5.10 Å². The molecule has 1 amide bonds. The summed E-state index contributed by atoms with van der Waals surface area (Å²) in [5, 5.41) is 9.14. The fourth-order valence-corrected chi connectivity index (χ4v) is 3.67. The van der Waals surface area contributed by atoms with E-state index >= 15 is 0 Å². The number of thiophene rings is 1. The summed E-state index contributed by atoms with van der Waals surface area (Å²) in [6.45, 7) is 0. The van der Waals surface area contributed by atoms with Crippen LogP contribution in [0, 0.1) is 0 Å². The second-order valence-corrected chi connectivity index (χ2v) is 6.23. The molecule has 0 bridgehead atoms. The van der Waals surface area contributed by atoms with Crippen LogP contribution in [-0.2, 0) is 12.8 Å². The van der Waals surface area contributed by atoms with E-state index in [1.807, 2.05) is 6.07 Å². The Morgan fingerprint density at radius 2 is 2.14 bits per heavy atom. The van der Waals surface area contributed by atoms with Gasteiger partial charge in [0.05, 0.1) is 12.0 Å². The van der Waals surface area contributed by atoms with Gasteiger partial charge in [-0.1, -0.05) is 12.8 Å². The van der Waals surface area contributed by atoms with Gasteiger partial charge in [0.1, 0.15) is 0 Å². The van der Waals surface area contributed by atoms with Crippen LogP contribution < -0.4 is 10.1 Å². The molecule has 0 unspecified atom stereocenters. The molecule has 0 aliphatic heterocycles. The van der Waals surface area contributed by atoms with Crippen molar-refractivity contribution in [1.82, 2.24) is 15.2 Å². The number of hydrogen-bond donors (Lipinski definition) is 2. The number of carbonyl (C=O) groups excluding carboxylic acids is 1. The monoisotopic (exact) mass is 306 g/mol. The zero-order chi connectivity index (χ0) is 14.7. The molecule has 0 fully saturated rings. The summed E-state index contributed by atoms with van der Waals surface area (Å²) >= 11 is 1.59. The number of fused-ring (bicyclic) bond motifs is 1. The third-order valence-corrected chi connectivity index (χ3v) is 4.84. The predicted octanol–water partition coefficient (Wildman–Crippen LogP) is 2.79. The third kappa shape index (κ3) is 3.24. The van der Waals surface area contributed by atoms with Crippen LogP contribution in [-0.4, -0.2) is 28.2 Å². The van der Waals surface area contributed by atoms with E-state index in [4.69, 9.17) is 4.74 Å². The van der Waals surface area contributed by atoms with Crippen LogP contribution in [0.2, 0.25) is 0 Å². The fraction of sp³-hybridized carbons (Fsp3) is 0.500. The van der Waals surface area contributed by atoms with Crippen molar-refractivity contribution in [3.63, 3.8) is 0 Å². The van der Waals surface area contributed by atoms with E-state index < -0.39 is 0 Å². The highest BCUT2D eigenvalue weighted by Crippen LogP contribution is 2.28. The molecule has 1 aliphatic carbocycles. The number of nitrogens with one attached hydrogen (secondary N) is 2. The molecule has 2 heterocycles. The Hall–Kier alpha value is -1.89. The quantitative estimate of drug-likeness (QED) is 0.914. The first-order valence-electron chi connectivity index (χ1n) is 7.15. The molecule has 0 radical (unpaired) electrons. The standard InChI is InChI=1S/C14H18N4O2S/c1-20-14-16-13(17-18-14)15-12(19)11-8-9-6-4-2-3-5-7-10(9)21-11/h8H,2-7H2,1H3,(H2,15,16,17,18,19). The van der Waals surface area contributed by atoms with Crippen molar-refractivity contribution in [3.05, 3.63) is 21.4 Å². The first kappa shape index (κ1) is 14.1. The van der Waals surface area contributed by atoms with Gasteiger partial charge >= 0.3 is 6.01 Å². The van der Waals surface area contributed by atoms with Crippen LogP contribution in [0.3, 0.4) is 0 Å². The molecular weight excluding hydrogens is 288 g/mol. The molecule has 7 heteroatoms. The molecule has 6 nitrogen and oxygen atoms in total. The summed E-state index contributed by atoms with van der Waals surface area (Å²) in [5.74, 6) is 0.156. The van der Waals surface area contributed by atoms with Crippen LogP contribution in [0.15, 0.2) is 6.07 Å². The van der Waals surface area contributed by atoms with Gasteiger partial charge in [-0.15, -0.1) is 16.4 Å². The fourth-order valence-electron chi connectivity index (χ4n) is 2.52. The summed E-state index contributed by atoms with van der Waals surface area (Å²) < 4.78 is 4.87. The van der Waals surface area contributed by atoms with Gasteiger partial charge in [0.2, 0.25) is 5.95 Å². The molecule has 0 aromatic carbocycles. The van der Waals surface area contributed by atoms with Crippen LogP contribution in [0.1, 0.15) is 45.8 Å². The smallest absolute Gasteiger partial charge is 0.336 e. The molecule has 2 aromatic heterocycles. The SMILES string of the molecule is COc1n[nH]c(NC(=O)c2cc3c(s2)CCCCCC3)n1. The van der Waals surface area contributed by atoms with Gasteiger partial charge in [0, 0.05) is 4.88 Å². The average Bonchev–Trinajstić information content (AvgIpc) is 3.06. The van der Waals surface area contributed by atoms with Gasteiger partial charge in [0.25, 0.3) is 5.91 Å². The summed E-state index contributed by atoms with van der Waals surface area (Å²) in [6, 6.07) is 2.23. The van der Waals surface area contributed by atoms with E-state index in [9.17, 15) is 4.79 Å². The number of ether oxygens (including phenoxy) is 1. The molecule has 0 saturated heterocycles. The summed E-state index contributed by atoms with van der Waals surface area (Å²) in [5.41, 5.74) is 1.33. The number of carbonyl (C=O) groups is 1. The number of H-pyrrole nitrogens is 1. The predicted molar refractivity (Wildman–Crippen MR) is 81.1 cm³/mol. The minimum absolute atomic E-state index is 0.148. The number of amides is 1. The van der Waals surface area contributed by atoms with Crippen molar-refractivity contribution in [2.24, 2.45) is 0 Å². The Morgan fingerprint density at radius 1 is 1.33 bits per heavy atom. The lowest BCUT2D eigenvalue weighted by atomic mass is 10.00. The number of aromatic amines is 1. The normalized spacial score (nSPS) is 14.9. The minimum Gasteiger partial charge on any atom is -0.466 e. The zero-order valence-corrected chi connectivity index (χ0v) is 12.8. The molecule has 3 rings (SSSR count). The van der Waals surface area contributed by atoms with E-state index in [1.54, 1.807) is 11.3 Å². The highest BCUT2D eigenvalue weighted by Gasteiger charge is 2.17. The van der Waals surface area contributed by atoms with Crippen molar-refractivity contribution in [3.8, 4) is 6.01 Å². The van der Waals surface area contributed by atoms with Crippen molar-refractivity contribution in [1.29, 1.82) is 0 Å². The number of methoxy groups -OCH3 is 1. The van der Waals surface area contributed by atoms with E-state index in [0.717, 1.165) is 17.7 Å². The van der Waals surface area contributed by atoms with Crippen molar-refractivity contribution in [2.75, 3.05) is 12.4 Å². The topological polar surface area (TPSA) is 79.9 Å². The van der Waals surface area contributed by atoms with E-state index in [-0.39, 0.29) is 11.9 Å². The number of aryl methyl sites for hydroxylation is 2. The van der Waals surface area contributed by atoms with Crippen molar-refractivity contribution >= 4 is 23.2 Å². The zero-order valence-electron chi connectivity index (χ0n) is 11.9. The molecule has 2 aromatic rings. The number of aromatic nitrogens is 3. The third-order valence-electron chi connectivity index (χ3n) is 3.60. The number of hydrogen-bond acceptors (Lipinski definition) is 5. The Bertz CT molecular complexity index is 609. The van der Waals surface area contributed by atoms with Gasteiger partial charge in [0.15, 0.2) is 0 Å². The molecule has 0 spiro atoms. The minimum atomic E-state index is -0.148. The maximum Gasteiger partial charge on any atom is 0.336 e. The Labute approximate surface area is 126 Å². The summed E-state index contributed by atoms with van der Waals surface area (Å²) in [7, 11) is 1.48. The maximum atomic E-state index is 12.3. The molecular formula is C14H18N4O2S. The number of rotatable bonds is 3. The van der Waals surface area contributed by atoms with Gasteiger partial charge in [-0.3, -0.25) is 10.1 Å². The lowest BCUT2D eigenvalue weighted by Gasteiger charge is -2.07. The molecule has 21 heavy (non-hydrogen) atoms. The lowest BCUT2D eigenvalue weighted by molar-refractivity contribution is 0.102. The van der Waals surface area contributed by atoms with E-state index in [1.165, 1.54) is 43.2 Å². The number of anilines is 1. The van der Waals surface area contributed by atoms with Crippen molar-refractivity contribution in [2.45, 2.75) is 38.5 Å². The average molecular weight is 306 g/mol. The van der Waals surface area contributed by atoms with Gasteiger partial charge in [-0.05, 0) is 37.3 Å². The van der Waals surface area contributed by atoms with E-state index in [0.29, 0.717) is 5.95 Å². The lowest BCUT2D eigenvalue weighted by Crippen LogP contribution is -2.11. The van der Waals surface area contributed by atoms with Gasteiger partial charge in [-0.2, -0.15) is 4.98 Å². The Kier molecular flexibility index (Phi) is 4.19. The van der Waals surface area contributed by atoms with Crippen LogP contribution >= 0.6 is 11.3 Å². The van der Waals surface area contributed by atoms with E-state index in [2.05, 4.69) is 20.5 Å². The molecule has 0 atom stereocenters. The maximum absolute atomic E-state index is 12.3. The number of nitrogens with zero attached hydrogens (tertiary/aromatic N) is 2. The Balaban J connectivity index is 1.73. The molecule has 0 saturated carbocycles. The van der Waals surface area contributed by atoms with Crippen LogP contribution in [0.5, 0.6) is 6.01 Å². The molecule has 2 N–H and O–H groups in total. The summed E-state index contributed by atoms with van der Waals surface area (Å²) in [6.07, 6.45) is 7.17. The molecule has 112 valence electrons. The summed E-state index contributed by atoms with van der Waals surface area (Å²) in [4.78, 5) is 18.4. The highest BCUT2D eigenvalue weighted by atomic mass is 32.1. The largest absolute Gasteiger partial charge is 0.466 e. The van der Waals surface area contributed by atoms with Crippen LogP contribution in [0.4, 0.5) is 5.95 Å². The Morgan fingerprint density at radius 3 is 2.90 bits per heavy atom. The first-order chi connectivity index (χ1) is 10.3. The van der Waals surface area contributed by atoms with Crippen molar-refractivity contribution < 1.29 is 9.53 Å². The second-order valence-electron chi connectivity index (χ2n) is 5.10. The first-order valence-corrected chi connectivity index (χ1v) is 7.97. The molecule has 1 aliphatic rings. The second kappa shape index (κ2) is 6.26.